The Hall–Kier alpha value is -2.12. The zero-order valence-electron chi connectivity index (χ0n) is 14.8. The fourth-order valence-electron chi connectivity index (χ4n) is 3.47. The molecular formula is C18H24ClN5O2. The number of piperidine rings is 1. The lowest BCUT2D eigenvalue weighted by atomic mass is 9.96. The lowest BCUT2D eigenvalue weighted by Gasteiger charge is -2.24. The van der Waals surface area contributed by atoms with Gasteiger partial charge in [-0.3, -0.25) is 10.1 Å². The number of ether oxygens (including phenoxy) is 1. The van der Waals surface area contributed by atoms with Gasteiger partial charge in [0.25, 0.3) is 0 Å². The number of aryl methyl sites for hydroxylation is 1. The van der Waals surface area contributed by atoms with Gasteiger partial charge in [0.05, 0.1) is 5.92 Å². The summed E-state index contributed by atoms with van der Waals surface area (Å²) in [6.07, 6.45) is 2.75. The van der Waals surface area contributed by atoms with Crippen LogP contribution in [0.5, 0.6) is 5.75 Å². The van der Waals surface area contributed by atoms with Crippen LogP contribution >= 0.6 is 12.4 Å². The Bertz CT molecular complexity index is 773. The fraction of sp³-hybridized carbons (Fsp3) is 0.500. The molecule has 8 heteroatoms. The topological polar surface area (TPSA) is 81.1 Å². The molecule has 1 saturated heterocycles. The van der Waals surface area contributed by atoms with Gasteiger partial charge in [0.1, 0.15) is 12.4 Å². The Balaban J connectivity index is 0.00000196. The molecule has 1 aromatic heterocycles. The summed E-state index contributed by atoms with van der Waals surface area (Å²) in [7, 11) is 1.82. The second-order valence-corrected chi connectivity index (χ2v) is 6.75. The Morgan fingerprint density at radius 3 is 2.88 bits per heavy atom. The van der Waals surface area contributed by atoms with Gasteiger partial charge in [-0.2, -0.15) is 10.1 Å². The number of nitrogens with one attached hydrogen (secondary N) is 2. The summed E-state index contributed by atoms with van der Waals surface area (Å²) >= 11 is 0. The molecule has 0 saturated carbocycles. The van der Waals surface area contributed by atoms with Gasteiger partial charge < -0.3 is 10.1 Å². The van der Waals surface area contributed by atoms with Crippen molar-refractivity contribution < 1.29 is 9.53 Å². The number of carbonyl (C=O) groups excluding carboxylic acids is 1. The van der Waals surface area contributed by atoms with Crippen molar-refractivity contribution in [3.05, 3.63) is 35.7 Å². The number of amides is 1. The van der Waals surface area contributed by atoms with Gasteiger partial charge in [-0.05, 0) is 44.0 Å². The summed E-state index contributed by atoms with van der Waals surface area (Å²) < 4.78 is 7.37. The normalized spacial score (nSPS) is 19.8. The van der Waals surface area contributed by atoms with Crippen LogP contribution in [0.3, 0.4) is 0 Å². The maximum absolute atomic E-state index is 12.6. The first-order chi connectivity index (χ1) is 12.2. The lowest BCUT2D eigenvalue weighted by molar-refractivity contribution is -0.121. The lowest BCUT2D eigenvalue weighted by Crippen LogP contribution is -2.33. The molecule has 2 aliphatic rings. The Kier molecular flexibility index (Phi) is 5.78. The molecule has 0 spiro atoms. The van der Waals surface area contributed by atoms with E-state index in [0.717, 1.165) is 43.1 Å². The first-order valence-electron chi connectivity index (χ1n) is 8.84. The number of nitrogens with zero attached hydrogens (tertiary/aromatic N) is 3. The van der Waals surface area contributed by atoms with E-state index in [9.17, 15) is 4.79 Å². The molecule has 140 valence electrons. The number of hydrogen-bond acceptors (Lipinski definition) is 5. The number of carbonyl (C=O) groups is 1. The minimum atomic E-state index is -0.214. The molecule has 1 amide bonds. The number of fused-ring (bicyclic) bond motifs is 1. The van der Waals surface area contributed by atoms with Crippen LogP contribution in [0.25, 0.3) is 0 Å². The summed E-state index contributed by atoms with van der Waals surface area (Å²) in [5.74, 6) is 2.29. The van der Waals surface area contributed by atoms with Crippen LogP contribution in [-0.2, 0) is 18.3 Å². The number of aromatic nitrogens is 3. The molecule has 2 N–H and O–H groups in total. The molecule has 0 bridgehead atoms. The molecule has 1 atom stereocenters. The van der Waals surface area contributed by atoms with Gasteiger partial charge in [0.15, 0.2) is 5.82 Å². The Labute approximate surface area is 158 Å². The summed E-state index contributed by atoms with van der Waals surface area (Å²) in [5, 5.41) is 10.8. The van der Waals surface area contributed by atoms with E-state index in [4.69, 9.17) is 4.74 Å². The summed E-state index contributed by atoms with van der Waals surface area (Å²) in [4.78, 5) is 17.2. The Morgan fingerprint density at radius 1 is 1.31 bits per heavy atom. The molecule has 3 heterocycles. The van der Waals surface area contributed by atoms with Crippen molar-refractivity contribution in [1.82, 2.24) is 20.1 Å². The largest absolute Gasteiger partial charge is 0.492 e. The van der Waals surface area contributed by atoms with Crippen LogP contribution in [0.4, 0.5) is 5.95 Å². The van der Waals surface area contributed by atoms with Crippen LogP contribution < -0.4 is 15.4 Å². The molecule has 0 radical (unpaired) electrons. The highest BCUT2D eigenvalue weighted by molar-refractivity contribution is 5.91. The van der Waals surface area contributed by atoms with Crippen molar-refractivity contribution in [2.24, 2.45) is 13.0 Å². The van der Waals surface area contributed by atoms with Crippen molar-refractivity contribution >= 4 is 24.3 Å². The predicted octanol–water partition coefficient (Wildman–Crippen LogP) is 1.89. The van der Waals surface area contributed by atoms with Gasteiger partial charge in [-0.25, -0.2) is 4.68 Å². The molecular weight excluding hydrogens is 354 g/mol. The van der Waals surface area contributed by atoms with Crippen LogP contribution in [-0.4, -0.2) is 40.4 Å². The van der Waals surface area contributed by atoms with E-state index in [0.29, 0.717) is 24.9 Å². The molecule has 1 fully saturated rings. The number of hydrogen-bond donors (Lipinski definition) is 2. The summed E-state index contributed by atoms with van der Waals surface area (Å²) in [6, 6.07) is 7.86. The van der Waals surface area contributed by atoms with E-state index >= 15 is 0 Å². The molecule has 26 heavy (non-hydrogen) atoms. The fourth-order valence-corrected chi connectivity index (χ4v) is 3.47. The average Bonchev–Trinajstić information content (AvgIpc) is 3.02. The van der Waals surface area contributed by atoms with Crippen molar-refractivity contribution in [3.63, 3.8) is 0 Å². The second kappa shape index (κ2) is 8.05. The maximum atomic E-state index is 12.6. The van der Waals surface area contributed by atoms with Crippen molar-refractivity contribution in [2.75, 3.05) is 25.0 Å². The first kappa shape index (κ1) is 18.7. The third-order valence-corrected chi connectivity index (χ3v) is 4.97. The maximum Gasteiger partial charge on any atom is 0.233 e. The molecule has 7 nitrogen and oxygen atoms in total. The minimum absolute atomic E-state index is 0. The Morgan fingerprint density at radius 2 is 2.08 bits per heavy atom. The highest BCUT2D eigenvalue weighted by Gasteiger charge is 2.27. The zero-order valence-corrected chi connectivity index (χ0v) is 15.6. The van der Waals surface area contributed by atoms with E-state index in [2.05, 4.69) is 20.7 Å². The quantitative estimate of drug-likeness (QED) is 0.853. The van der Waals surface area contributed by atoms with Crippen LogP contribution in [0.15, 0.2) is 24.3 Å². The number of halogens is 1. The summed E-state index contributed by atoms with van der Waals surface area (Å²) in [6.45, 7) is 2.37. The van der Waals surface area contributed by atoms with Gasteiger partial charge in [-0.1, -0.05) is 18.2 Å². The number of benzene rings is 1. The van der Waals surface area contributed by atoms with Crippen LogP contribution in [0.1, 0.15) is 30.1 Å². The van der Waals surface area contributed by atoms with E-state index < -0.39 is 0 Å². The monoisotopic (exact) mass is 377 g/mol. The highest BCUT2D eigenvalue weighted by atomic mass is 35.5. The number of para-hydroxylation sites is 1. The zero-order chi connectivity index (χ0) is 17.2. The molecule has 4 rings (SSSR count). The molecule has 2 aliphatic heterocycles. The van der Waals surface area contributed by atoms with Gasteiger partial charge >= 0.3 is 0 Å². The SMILES string of the molecule is Cl.Cn1nc(C2CCNCC2)nc1NC(=O)C1COc2ccccc2C1. The number of rotatable bonds is 3. The van der Waals surface area contributed by atoms with Crippen LogP contribution in [0, 0.1) is 5.92 Å². The van der Waals surface area contributed by atoms with Crippen molar-refractivity contribution in [2.45, 2.75) is 25.2 Å². The van der Waals surface area contributed by atoms with Crippen molar-refractivity contribution in [3.8, 4) is 5.75 Å². The van der Waals surface area contributed by atoms with E-state index in [1.54, 1.807) is 4.68 Å². The second-order valence-electron chi connectivity index (χ2n) is 6.75. The standard InChI is InChI=1S/C18H23N5O2.ClH/c1-23-18(20-16(22-23)12-6-8-19-9-7-12)21-17(24)14-10-13-4-2-3-5-15(13)25-11-14;/h2-5,12,14,19H,6-11H2,1H3,(H,20,21,22,24);1H. The van der Waals surface area contributed by atoms with Gasteiger partial charge in [-0.15, -0.1) is 12.4 Å². The molecule has 1 aromatic carbocycles. The number of anilines is 1. The average molecular weight is 378 g/mol. The molecule has 2 aromatic rings. The highest BCUT2D eigenvalue weighted by Crippen LogP contribution is 2.28. The minimum Gasteiger partial charge on any atom is -0.492 e. The third kappa shape index (κ3) is 3.83. The first-order valence-corrected chi connectivity index (χ1v) is 8.84. The third-order valence-electron chi connectivity index (χ3n) is 4.97. The van der Waals surface area contributed by atoms with E-state index in [1.165, 1.54) is 0 Å². The predicted molar refractivity (Wildman–Crippen MR) is 101 cm³/mol. The molecule has 0 aliphatic carbocycles. The molecule has 1 unspecified atom stereocenters. The van der Waals surface area contributed by atoms with Crippen molar-refractivity contribution in [1.29, 1.82) is 0 Å². The van der Waals surface area contributed by atoms with Gasteiger partial charge in [0.2, 0.25) is 11.9 Å². The van der Waals surface area contributed by atoms with E-state index in [1.807, 2.05) is 31.3 Å². The summed E-state index contributed by atoms with van der Waals surface area (Å²) in [5.41, 5.74) is 1.07. The van der Waals surface area contributed by atoms with Crippen LogP contribution in [0.2, 0.25) is 0 Å². The van der Waals surface area contributed by atoms with Gasteiger partial charge in [0, 0.05) is 13.0 Å². The van der Waals surface area contributed by atoms with E-state index in [-0.39, 0.29) is 24.2 Å². The smallest absolute Gasteiger partial charge is 0.233 e.